The van der Waals surface area contributed by atoms with Crippen LogP contribution in [0, 0.1) is 6.92 Å². The molecule has 0 aliphatic heterocycles. The molecule has 1 aromatic heterocycles. The Bertz CT molecular complexity index is 854. The Balaban J connectivity index is 1.91. The molecule has 2 aromatic carbocycles. The maximum atomic E-state index is 6.12. The number of aromatic amines is 1. The van der Waals surface area contributed by atoms with E-state index in [9.17, 15) is 0 Å². The fourth-order valence-corrected chi connectivity index (χ4v) is 3.31. The number of H-pyrrole nitrogens is 1. The molecule has 0 amide bonds. The molecule has 0 bridgehead atoms. The first kappa shape index (κ1) is 17.4. The number of rotatable bonds is 7. The first-order chi connectivity index (χ1) is 12.2. The molecule has 4 nitrogen and oxygen atoms in total. The number of aryl methyl sites for hydroxylation is 1. The van der Waals surface area contributed by atoms with Crippen molar-refractivity contribution in [3.05, 3.63) is 59.3 Å². The van der Waals surface area contributed by atoms with Gasteiger partial charge in [-0.05, 0) is 62.2 Å². The third kappa shape index (κ3) is 3.64. The zero-order valence-electron chi connectivity index (χ0n) is 15.1. The van der Waals surface area contributed by atoms with Crippen LogP contribution in [0.3, 0.4) is 0 Å². The average Bonchev–Trinajstić information content (AvgIpc) is 3.03. The second kappa shape index (κ2) is 7.62. The standard InChI is InChI=1S/C21H26N2O2/c1-4-25-21-11-15(6-8-20(21)24-3)10-16(12-22)18-13-23-19-7-5-14(2)9-17(18)19/h5-9,11,13,16,23H,4,10,12,22H2,1-3H3. The number of hydrogen-bond donors (Lipinski definition) is 2. The van der Waals surface area contributed by atoms with Crippen molar-refractivity contribution in [3.63, 3.8) is 0 Å². The van der Waals surface area contributed by atoms with Crippen LogP contribution in [0.2, 0.25) is 0 Å². The molecule has 3 aromatic rings. The zero-order valence-corrected chi connectivity index (χ0v) is 15.1. The van der Waals surface area contributed by atoms with Crippen molar-refractivity contribution in [1.29, 1.82) is 0 Å². The first-order valence-corrected chi connectivity index (χ1v) is 8.73. The number of benzene rings is 2. The Morgan fingerprint density at radius 3 is 2.68 bits per heavy atom. The van der Waals surface area contributed by atoms with Crippen LogP contribution in [-0.4, -0.2) is 25.2 Å². The molecule has 4 heteroatoms. The highest BCUT2D eigenvalue weighted by Gasteiger charge is 2.16. The van der Waals surface area contributed by atoms with Crippen LogP contribution in [0.25, 0.3) is 10.9 Å². The summed E-state index contributed by atoms with van der Waals surface area (Å²) >= 11 is 0. The fourth-order valence-electron chi connectivity index (χ4n) is 3.31. The van der Waals surface area contributed by atoms with Crippen molar-refractivity contribution in [2.45, 2.75) is 26.2 Å². The van der Waals surface area contributed by atoms with Gasteiger partial charge in [-0.2, -0.15) is 0 Å². The zero-order chi connectivity index (χ0) is 17.8. The smallest absolute Gasteiger partial charge is 0.161 e. The summed E-state index contributed by atoms with van der Waals surface area (Å²) in [5.74, 6) is 1.80. The van der Waals surface area contributed by atoms with Gasteiger partial charge in [0.2, 0.25) is 0 Å². The Kier molecular flexibility index (Phi) is 5.29. The van der Waals surface area contributed by atoms with E-state index >= 15 is 0 Å². The molecular formula is C21H26N2O2. The Labute approximate surface area is 149 Å². The summed E-state index contributed by atoms with van der Waals surface area (Å²) in [7, 11) is 1.66. The lowest BCUT2D eigenvalue weighted by molar-refractivity contribution is 0.310. The lowest BCUT2D eigenvalue weighted by atomic mass is 9.91. The van der Waals surface area contributed by atoms with Gasteiger partial charge in [-0.3, -0.25) is 0 Å². The van der Waals surface area contributed by atoms with Gasteiger partial charge in [0.05, 0.1) is 13.7 Å². The topological polar surface area (TPSA) is 60.3 Å². The van der Waals surface area contributed by atoms with E-state index in [4.69, 9.17) is 15.2 Å². The highest BCUT2D eigenvalue weighted by Crippen LogP contribution is 2.32. The Morgan fingerprint density at radius 1 is 1.12 bits per heavy atom. The summed E-state index contributed by atoms with van der Waals surface area (Å²) < 4.78 is 11.1. The van der Waals surface area contributed by atoms with Gasteiger partial charge in [0.15, 0.2) is 11.5 Å². The van der Waals surface area contributed by atoms with Crippen LogP contribution in [0.4, 0.5) is 0 Å². The molecule has 1 atom stereocenters. The summed E-state index contributed by atoms with van der Waals surface area (Å²) in [4.78, 5) is 3.37. The Hall–Kier alpha value is -2.46. The molecule has 0 spiro atoms. The lowest BCUT2D eigenvalue weighted by Gasteiger charge is -2.16. The molecular weight excluding hydrogens is 312 g/mol. The predicted octanol–water partition coefficient (Wildman–Crippen LogP) is 4.17. The van der Waals surface area contributed by atoms with E-state index in [-0.39, 0.29) is 5.92 Å². The number of fused-ring (bicyclic) bond motifs is 1. The SMILES string of the molecule is CCOc1cc(CC(CN)c2c[nH]c3ccc(C)cc23)ccc1OC. The summed E-state index contributed by atoms with van der Waals surface area (Å²) in [6.45, 7) is 5.30. The monoisotopic (exact) mass is 338 g/mol. The highest BCUT2D eigenvalue weighted by atomic mass is 16.5. The molecule has 0 fully saturated rings. The van der Waals surface area contributed by atoms with Gasteiger partial charge in [0, 0.05) is 23.0 Å². The van der Waals surface area contributed by atoms with E-state index in [1.54, 1.807) is 7.11 Å². The molecule has 0 saturated heterocycles. The van der Waals surface area contributed by atoms with Gasteiger partial charge in [0.25, 0.3) is 0 Å². The van der Waals surface area contributed by atoms with E-state index in [1.165, 1.54) is 22.1 Å². The van der Waals surface area contributed by atoms with E-state index in [2.05, 4.69) is 48.4 Å². The molecule has 1 heterocycles. The van der Waals surface area contributed by atoms with Crippen molar-refractivity contribution in [2.24, 2.45) is 5.73 Å². The molecule has 3 rings (SSSR count). The molecule has 132 valence electrons. The number of aromatic nitrogens is 1. The number of methoxy groups -OCH3 is 1. The molecule has 1 unspecified atom stereocenters. The molecule has 0 aliphatic carbocycles. The van der Waals surface area contributed by atoms with Crippen LogP contribution < -0.4 is 15.2 Å². The van der Waals surface area contributed by atoms with Gasteiger partial charge in [0.1, 0.15) is 0 Å². The third-order valence-corrected chi connectivity index (χ3v) is 4.60. The lowest BCUT2D eigenvalue weighted by Crippen LogP contribution is -2.15. The molecule has 3 N–H and O–H groups in total. The maximum absolute atomic E-state index is 6.12. The minimum atomic E-state index is 0.249. The van der Waals surface area contributed by atoms with E-state index in [0.717, 1.165) is 23.4 Å². The van der Waals surface area contributed by atoms with Crippen LogP contribution in [0.1, 0.15) is 29.5 Å². The normalized spacial score (nSPS) is 12.3. The van der Waals surface area contributed by atoms with Crippen molar-refractivity contribution in [2.75, 3.05) is 20.3 Å². The van der Waals surface area contributed by atoms with Crippen molar-refractivity contribution >= 4 is 10.9 Å². The number of ether oxygens (including phenoxy) is 2. The first-order valence-electron chi connectivity index (χ1n) is 8.73. The largest absolute Gasteiger partial charge is 0.493 e. The van der Waals surface area contributed by atoms with Crippen molar-refractivity contribution in [1.82, 2.24) is 4.98 Å². The van der Waals surface area contributed by atoms with Crippen LogP contribution in [0.15, 0.2) is 42.6 Å². The van der Waals surface area contributed by atoms with Gasteiger partial charge in [-0.1, -0.05) is 17.7 Å². The quantitative estimate of drug-likeness (QED) is 0.680. The van der Waals surface area contributed by atoms with Crippen LogP contribution in [0.5, 0.6) is 11.5 Å². The number of nitrogens with two attached hydrogens (primary N) is 1. The third-order valence-electron chi connectivity index (χ3n) is 4.60. The number of hydrogen-bond acceptors (Lipinski definition) is 3. The molecule has 0 radical (unpaired) electrons. The highest BCUT2D eigenvalue weighted by molar-refractivity contribution is 5.84. The van der Waals surface area contributed by atoms with E-state index in [0.29, 0.717) is 13.2 Å². The fraction of sp³-hybridized carbons (Fsp3) is 0.333. The second-order valence-electron chi connectivity index (χ2n) is 6.35. The average molecular weight is 338 g/mol. The van der Waals surface area contributed by atoms with Crippen molar-refractivity contribution in [3.8, 4) is 11.5 Å². The summed E-state index contributed by atoms with van der Waals surface area (Å²) in [5, 5.41) is 1.26. The van der Waals surface area contributed by atoms with Gasteiger partial charge in [-0.15, -0.1) is 0 Å². The summed E-state index contributed by atoms with van der Waals surface area (Å²) in [5.41, 5.74) is 11.0. The molecule has 25 heavy (non-hydrogen) atoms. The second-order valence-corrected chi connectivity index (χ2v) is 6.35. The molecule has 0 aliphatic rings. The number of nitrogens with one attached hydrogen (secondary N) is 1. The van der Waals surface area contributed by atoms with Gasteiger partial charge >= 0.3 is 0 Å². The van der Waals surface area contributed by atoms with E-state index < -0.39 is 0 Å². The molecule has 0 saturated carbocycles. The summed E-state index contributed by atoms with van der Waals surface area (Å²) in [6, 6.07) is 12.6. The van der Waals surface area contributed by atoms with Gasteiger partial charge in [-0.25, -0.2) is 0 Å². The van der Waals surface area contributed by atoms with Crippen LogP contribution in [-0.2, 0) is 6.42 Å². The maximum Gasteiger partial charge on any atom is 0.161 e. The predicted molar refractivity (Wildman–Crippen MR) is 103 cm³/mol. The summed E-state index contributed by atoms with van der Waals surface area (Å²) in [6.07, 6.45) is 2.95. The minimum absolute atomic E-state index is 0.249. The minimum Gasteiger partial charge on any atom is -0.493 e. The van der Waals surface area contributed by atoms with Gasteiger partial charge < -0.3 is 20.2 Å². The van der Waals surface area contributed by atoms with Crippen LogP contribution >= 0.6 is 0 Å². The Morgan fingerprint density at radius 2 is 1.96 bits per heavy atom. The van der Waals surface area contributed by atoms with E-state index in [1.807, 2.05) is 13.0 Å². The van der Waals surface area contributed by atoms with Crippen molar-refractivity contribution < 1.29 is 9.47 Å².